The predicted octanol–water partition coefficient (Wildman–Crippen LogP) is 1.57. The molecule has 0 radical (unpaired) electrons. The second-order valence-corrected chi connectivity index (χ2v) is 5.85. The van der Waals surface area contributed by atoms with Crippen LogP contribution in [0.2, 0.25) is 0 Å². The Balaban J connectivity index is 3.44. The van der Waals surface area contributed by atoms with Gasteiger partial charge in [0, 0.05) is 6.54 Å². The molecule has 0 atom stereocenters. The summed E-state index contributed by atoms with van der Waals surface area (Å²) in [6.07, 6.45) is 1.11. The molecule has 0 saturated heterocycles. The van der Waals surface area contributed by atoms with Gasteiger partial charge in [0.1, 0.15) is 0 Å². The minimum Gasteiger partial charge on any atom is -0.465 e. The Morgan fingerprint density at radius 1 is 1.39 bits per heavy atom. The van der Waals surface area contributed by atoms with Crippen LogP contribution in [0.15, 0.2) is 18.2 Å². The van der Waals surface area contributed by atoms with E-state index in [-0.39, 0.29) is 12.1 Å². The Kier molecular flexibility index (Phi) is 4.34. The molecular formula is C12H17NO4S. The highest BCUT2D eigenvalue weighted by molar-refractivity contribution is 7.92. The van der Waals surface area contributed by atoms with Crippen molar-refractivity contribution in [1.82, 2.24) is 0 Å². The second kappa shape index (κ2) is 5.39. The summed E-state index contributed by atoms with van der Waals surface area (Å²) in [4.78, 5) is 11.7. The minimum atomic E-state index is -3.42. The number of sulfonamides is 1. The van der Waals surface area contributed by atoms with E-state index in [1.807, 2.05) is 6.92 Å². The summed E-state index contributed by atoms with van der Waals surface area (Å²) in [6.45, 7) is 3.79. The van der Waals surface area contributed by atoms with Gasteiger partial charge < -0.3 is 4.74 Å². The first-order valence-corrected chi connectivity index (χ1v) is 7.32. The number of benzene rings is 1. The van der Waals surface area contributed by atoms with Crippen LogP contribution in [0.3, 0.4) is 0 Å². The van der Waals surface area contributed by atoms with Crippen LogP contribution in [0.25, 0.3) is 0 Å². The maximum absolute atomic E-state index is 11.7. The molecular weight excluding hydrogens is 254 g/mol. The van der Waals surface area contributed by atoms with Crippen molar-refractivity contribution in [2.75, 3.05) is 24.2 Å². The fourth-order valence-corrected chi connectivity index (χ4v) is 2.71. The number of nitrogens with zero attached hydrogens (tertiary/aromatic N) is 1. The average Bonchev–Trinajstić information content (AvgIpc) is 2.29. The van der Waals surface area contributed by atoms with Gasteiger partial charge in [-0.15, -0.1) is 0 Å². The normalized spacial score (nSPS) is 11.1. The lowest BCUT2D eigenvalue weighted by Crippen LogP contribution is -2.31. The van der Waals surface area contributed by atoms with E-state index in [2.05, 4.69) is 4.74 Å². The Labute approximate surface area is 107 Å². The van der Waals surface area contributed by atoms with Crippen LogP contribution in [0.1, 0.15) is 22.8 Å². The summed E-state index contributed by atoms with van der Waals surface area (Å²) in [5.74, 6) is -0.546. The highest BCUT2D eigenvalue weighted by atomic mass is 32.2. The van der Waals surface area contributed by atoms with E-state index < -0.39 is 16.0 Å². The van der Waals surface area contributed by atoms with Crippen molar-refractivity contribution in [3.05, 3.63) is 29.3 Å². The Bertz CT molecular complexity index is 551. The topological polar surface area (TPSA) is 63.7 Å². The molecule has 0 bridgehead atoms. The van der Waals surface area contributed by atoms with E-state index in [1.54, 1.807) is 25.1 Å². The van der Waals surface area contributed by atoms with Crippen LogP contribution in [-0.4, -0.2) is 34.3 Å². The zero-order valence-electron chi connectivity index (χ0n) is 10.9. The number of anilines is 1. The number of esters is 1. The third kappa shape index (κ3) is 3.01. The molecule has 6 heteroatoms. The summed E-state index contributed by atoms with van der Waals surface area (Å²) < 4.78 is 29.2. The number of methoxy groups -OCH3 is 1. The summed E-state index contributed by atoms with van der Waals surface area (Å²) in [7, 11) is -2.15. The van der Waals surface area contributed by atoms with Crippen molar-refractivity contribution < 1.29 is 17.9 Å². The highest BCUT2D eigenvalue weighted by Gasteiger charge is 2.22. The molecule has 5 nitrogen and oxygen atoms in total. The molecule has 0 aliphatic carbocycles. The van der Waals surface area contributed by atoms with Crippen molar-refractivity contribution in [2.24, 2.45) is 0 Å². The zero-order valence-corrected chi connectivity index (χ0v) is 11.7. The van der Waals surface area contributed by atoms with Gasteiger partial charge in [0.15, 0.2) is 0 Å². The quantitative estimate of drug-likeness (QED) is 0.780. The molecule has 0 amide bonds. The van der Waals surface area contributed by atoms with Crippen LogP contribution < -0.4 is 4.31 Å². The van der Waals surface area contributed by atoms with E-state index in [1.165, 1.54) is 11.4 Å². The fourth-order valence-electron chi connectivity index (χ4n) is 1.72. The predicted molar refractivity (Wildman–Crippen MR) is 70.4 cm³/mol. The third-order valence-corrected chi connectivity index (χ3v) is 3.77. The van der Waals surface area contributed by atoms with Crippen molar-refractivity contribution in [1.29, 1.82) is 0 Å². The maximum atomic E-state index is 11.7. The molecule has 18 heavy (non-hydrogen) atoms. The van der Waals surface area contributed by atoms with Crippen molar-refractivity contribution in [2.45, 2.75) is 13.8 Å². The van der Waals surface area contributed by atoms with Crippen molar-refractivity contribution >= 4 is 21.7 Å². The van der Waals surface area contributed by atoms with E-state index >= 15 is 0 Å². The first-order valence-electron chi connectivity index (χ1n) is 5.48. The second-order valence-electron chi connectivity index (χ2n) is 3.94. The number of rotatable bonds is 4. The number of aryl methyl sites for hydroxylation is 1. The van der Waals surface area contributed by atoms with Crippen LogP contribution in [0.5, 0.6) is 0 Å². The van der Waals surface area contributed by atoms with Gasteiger partial charge in [-0.25, -0.2) is 13.2 Å². The summed E-state index contributed by atoms with van der Waals surface area (Å²) >= 11 is 0. The number of hydrogen-bond donors (Lipinski definition) is 0. The van der Waals surface area contributed by atoms with E-state index in [4.69, 9.17) is 0 Å². The molecule has 100 valence electrons. The Morgan fingerprint density at radius 2 is 2.00 bits per heavy atom. The molecule has 1 aromatic carbocycles. The molecule has 0 spiro atoms. The molecule has 0 aliphatic heterocycles. The van der Waals surface area contributed by atoms with Crippen molar-refractivity contribution in [3.63, 3.8) is 0 Å². The largest absolute Gasteiger partial charge is 0.465 e. The van der Waals surface area contributed by atoms with Gasteiger partial charge in [-0.3, -0.25) is 4.31 Å². The SMILES string of the molecule is CCN(c1ccc(C)cc1C(=O)OC)S(C)(=O)=O. The summed E-state index contributed by atoms with van der Waals surface area (Å²) in [6, 6.07) is 5.00. The summed E-state index contributed by atoms with van der Waals surface area (Å²) in [5, 5.41) is 0. The van der Waals surface area contributed by atoms with Crippen LogP contribution in [0.4, 0.5) is 5.69 Å². The number of hydrogen-bond acceptors (Lipinski definition) is 4. The molecule has 0 saturated carbocycles. The van der Waals surface area contributed by atoms with E-state index in [9.17, 15) is 13.2 Å². The molecule has 0 fully saturated rings. The molecule has 1 rings (SSSR count). The molecule has 0 N–H and O–H groups in total. The first kappa shape index (κ1) is 14.5. The number of carbonyl (C=O) groups is 1. The smallest absolute Gasteiger partial charge is 0.340 e. The Morgan fingerprint density at radius 3 is 2.44 bits per heavy atom. The van der Waals surface area contributed by atoms with Gasteiger partial charge >= 0.3 is 5.97 Å². The van der Waals surface area contributed by atoms with Gasteiger partial charge in [-0.05, 0) is 26.0 Å². The summed E-state index contributed by atoms with van der Waals surface area (Å²) in [5.41, 5.74) is 1.46. The van der Waals surface area contributed by atoms with Crippen molar-refractivity contribution in [3.8, 4) is 0 Å². The van der Waals surface area contributed by atoms with Gasteiger partial charge in [0.2, 0.25) is 10.0 Å². The van der Waals surface area contributed by atoms with E-state index in [0.29, 0.717) is 5.69 Å². The lowest BCUT2D eigenvalue weighted by molar-refractivity contribution is 0.0601. The standard InChI is InChI=1S/C12H17NO4S/c1-5-13(18(4,15)16)11-7-6-9(2)8-10(11)12(14)17-3/h6-8H,5H2,1-4H3. The van der Waals surface area contributed by atoms with Crippen LogP contribution in [0, 0.1) is 6.92 Å². The van der Waals surface area contributed by atoms with Gasteiger partial charge in [0.25, 0.3) is 0 Å². The highest BCUT2D eigenvalue weighted by Crippen LogP contribution is 2.24. The lowest BCUT2D eigenvalue weighted by Gasteiger charge is -2.22. The van der Waals surface area contributed by atoms with Gasteiger partial charge in [0.05, 0.1) is 24.6 Å². The van der Waals surface area contributed by atoms with E-state index in [0.717, 1.165) is 11.8 Å². The monoisotopic (exact) mass is 271 g/mol. The lowest BCUT2D eigenvalue weighted by atomic mass is 10.1. The fraction of sp³-hybridized carbons (Fsp3) is 0.417. The third-order valence-electron chi connectivity index (χ3n) is 2.51. The number of ether oxygens (including phenoxy) is 1. The zero-order chi connectivity index (χ0) is 13.9. The maximum Gasteiger partial charge on any atom is 0.340 e. The van der Waals surface area contributed by atoms with Gasteiger partial charge in [-0.2, -0.15) is 0 Å². The number of carbonyl (C=O) groups excluding carboxylic acids is 1. The molecule has 0 heterocycles. The van der Waals surface area contributed by atoms with Crippen LogP contribution >= 0.6 is 0 Å². The van der Waals surface area contributed by atoms with Gasteiger partial charge in [-0.1, -0.05) is 11.6 Å². The molecule has 1 aromatic rings. The molecule has 0 aliphatic rings. The minimum absolute atomic E-state index is 0.254. The molecule has 0 unspecified atom stereocenters. The van der Waals surface area contributed by atoms with Crippen LogP contribution in [-0.2, 0) is 14.8 Å². The first-order chi connectivity index (χ1) is 8.31. The molecule has 0 aromatic heterocycles. The average molecular weight is 271 g/mol. The Hall–Kier alpha value is -1.56.